The van der Waals surface area contributed by atoms with Gasteiger partial charge in [-0.05, 0) is 42.7 Å². The molecule has 0 saturated carbocycles. The largest absolute Gasteiger partial charge is 0.456 e. The molecule has 0 spiro atoms. The number of nitrogens with zero attached hydrogens (tertiary/aromatic N) is 1. The molecule has 0 aliphatic heterocycles. The first-order valence-electron chi connectivity index (χ1n) is 6.70. The van der Waals surface area contributed by atoms with Crippen LogP contribution in [0.2, 0.25) is 5.02 Å². The van der Waals surface area contributed by atoms with Crippen molar-refractivity contribution < 1.29 is 4.74 Å². The molecule has 0 unspecified atom stereocenters. The highest BCUT2D eigenvalue weighted by Gasteiger charge is 2.08. The van der Waals surface area contributed by atoms with Crippen LogP contribution in [0.1, 0.15) is 30.9 Å². The highest BCUT2D eigenvalue weighted by molar-refractivity contribution is 6.31. The highest BCUT2D eigenvalue weighted by atomic mass is 35.5. The number of halogens is 1. The van der Waals surface area contributed by atoms with Crippen LogP contribution in [0.5, 0.6) is 11.5 Å². The summed E-state index contributed by atoms with van der Waals surface area (Å²) in [5.41, 5.74) is 1.66. The number of rotatable bonds is 5. The third kappa shape index (κ3) is 3.53. The lowest BCUT2D eigenvalue weighted by Crippen LogP contribution is -1.90. The van der Waals surface area contributed by atoms with E-state index in [1.165, 1.54) is 18.4 Å². The second kappa shape index (κ2) is 6.98. The summed E-state index contributed by atoms with van der Waals surface area (Å²) < 4.78 is 5.73. The predicted molar refractivity (Wildman–Crippen MR) is 81.3 cm³/mol. The molecule has 3 heteroatoms. The Labute approximate surface area is 124 Å². The Kier molecular flexibility index (Phi) is 5.03. The van der Waals surface area contributed by atoms with Crippen LogP contribution < -0.4 is 4.74 Å². The number of unbranched alkanes of at least 4 members (excludes halogenated alkanes) is 1. The Bertz CT molecular complexity index is 614. The van der Waals surface area contributed by atoms with Crippen LogP contribution in [0.3, 0.4) is 0 Å². The van der Waals surface area contributed by atoms with Gasteiger partial charge in [0.15, 0.2) is 0 Å². The fraction of sp³-hybridized carbons (Fsp3) is 0.235. The summed E-state index contributed by atoms with van der Waals surface area (Å²) in [6.45, 7) is 2.18. The SMILES string of the molecule is CCCCc1ccc(Oc2cccc(Cl)c2C#N)cc1. The zero-order chi connectivity index (χ0) is 14.4. The van der Waals surface area contributed by atoms with Crippen molar-refractivity contribution in [2.45, 2.75) is 26.2 Å². The smallest absolute Gasteiger partial charge is 0.146 e. The van der Waals surface area contributed by atoms with Crippen molar-refractivity contribution in [3.05, 3.63) is 58.6 Å². The Morgan fingerprint density at radius 3 is 2.55 bits per heavy atom. The Morgan fingerprint density at radius 2 is 1.90 bits per heavy atom. The molecule has 0 aromatic heterocycles. The molecule has 0 saturated heterocycles. The summed E-state index contributed by atoms with van der Waals surface area (Å²) in [4.78, 5) is 0. The molecular weight excluding hydrogens is 270 g/mol. The van der Waals surface area contributed by atoms with Gasteiger partial charge in [-0.2, -0.15) is 5.26 Å². The van der Waals surface area contributed by atoms with Crippen LogP contribution in [-0.4, -0.2) is 0 Å². The molecule has 0 bridgehead atoms. The first-order valence-corrected chi connectivity index (χ1v) is 7.07. The van der Waals surface area contributed by atoms with Gasteiger partial charge in [0, 0.05) is 0 Å². The van der Waals surface area contributed by atoms with Gasteiger partial charge in [0.2, 0.25) is 0 Å². The van der Waals surface area contributed by atoms with Crippen molar-refractivity contribution in [1.82, 2.24) is 0 Å². The van der Waals surface area contributed by atoms with E-state index < -0.39 is 0 Å². The van der Waals surface area contributed by atoms with Gasteiger partial charge < -0.3 is 4.74 Å². The third-order valence-electron chi connectivity index (χ3n) is 3.06. The van der Waals surface area contributed by atoms with Gasteiger partial charge in [-0.1, -0.05) is 43.1 Å². The molecule has 2 aromatic carbocycles. The van der Waals surface area contributed by atoms with Gasteiger partial charge in [-0.3, -0.25) is 0 Å². The average molecular weight is 286 g/mol. The number of nitriles is 1. The summed E-state index contributed by atoms with van der Waals surface area (Å²) in [5.74, 6) is 1.20. The molecule has 0 aliphatic carbocycles. The van der Waals surface area contributed by atoms with E-state index in [4.69, 9.17) is 21.6 Å². The van der Waals surface area contributed by atoms with Gasteiger partial charge in [-0.15, -0.1) is 0 Å². The Balaban J connectivity index is 2.15. The van der Waals surface area contributed by atoms with Crippen molar-refractivity contribution in [3.8, 4) is 17.6 Å². The first-order chi connectivity index (χ1) is 9.74. The van der Waals surface area contributed by atoms with E-state index in [0.717, 1.165) is 6.42 Å². The zero-order valence-electron chi connectivity index (χ0n) is 11.4. The maximum Gasteiger partial charge on any atom is 0.146 e. The van der Waals surface area contributed by atoms with E-state index in [1.54, 1.807) is 18.2 Å². The van der Waals surface area contributed by atoms with E-state index in [-0.39, 0.29) is 0 Å². The summed E-state index contributed by atoms with van der Waals surface area (Å²) in [6.07, 6.45) is 3.46. The molecule has 0 fully saturated rings. The number of benzene rings is 2. The standard InChI is InChI=1S/C17H16ClNO/c1-2-3-5-13-8-10-14(11-9-13)20-17-7-4-6-16(18)15(17)12-19/h4,6-11H,2-3,5H2,1H3. The molecule has 0 radical (unpaired) electrons. The zero-order valence-corrected chi connectivity index (χ0v) is 12.2. The molecule has 2 rings (SSSR count). The molecule has 0 aliphatic rings. The van der Waals surface area contributed by atoms with E-state index in [1.807, 2.05) is 12.1 Å². The summed E-state index contributed by atoms with van der Waals surface area (Å²) >= 11 is 5.98. The van der Waals surface area contributed by atoms with E-state index in [2.05, 4.69) is 25.1 Å². The van der Waals surface area contributed by atoms with Crippen molar-refractivity contribution in [2.24, 2.45) is 0 Å². The molecule has 2 aromatic rings. The second-order valence-electron chi connectivity index (χ2n) is 4.57. The highest BCUT2D eigenvalue weighted by Crippen LogP contribution is 2.29. The van der Waals surface area contributed by atoms with Crippen molar-refractivity contribution in [1.29, 1.82) is 5.26 Å². The number of hydrogen-bond donors (Lipinski definition) is 0. The molecular formula is C17H16ClNO. The average Bonchev–Trinajstić information content (AvgIpc) is 2.47. The number of hydrogen-bond acceptors (Lipinski definition) is 2. The molecule has 20 heavy (non-hydrogen) atoms. The Morgan fingerprint density at radius 1 is 1.15 bits per heavy atom. The second-order valence-corrected chi connectivity index (χ2v) is 4.98. The van der Waals surface area contributed by atoms with Crippen LogP contribution in [-0.2, 0) is 6.42 Å². The number of aryl methyl sites for hydroxylation is 1. The predicted octanol–water partition coefficient (Wildman–Crippen LogP) is 5.35. The fourth-order valence-corrected chi connectivity index (χ4v) is 2.14. The van der Waals surface area contributed by atoms with Crippen LogP contribution in [0.15, 0.2) is 42.5 Å². The van der Waals surface area contributed by atoms with E-state index >= 15 is 0 Å². The summed E-state index contributed by atoms with van der Waals surface area (Å²) in [7, 11) is 0. The first kappa shape index (κ1) is 14.4. The maximum absolute atomic E-state index is 9.10. The van der Waals surface area contributed by atoms with Crippen LogP contribution in [0.25, 0.3) is 0 Å². The van der Waals surface area contributed by atoms with Crippen molar-refractivity contribution in [2.75, 3.05) is 0 Å². The number of ether oxygens (including phenoxy) is 1. The molecule has 0 amide bonds. The van der Waals surface area contributed by atoms with Crippen LogP contribution in [0.4, 0.5) is 0 Å². The monoisotopic (exact) mass is 285 g/mol. The lowest BCUT2D eigenvalue weighted by molar-refractivity contribution is 0.481. The van der Waals surface area contributed by atoms with Gasteiger partial charge >= 0.3 is 0 Å². The minimum atomic E-state index is 0.365. The molecule has 0 atom stereocenters. The fourth-order valence-electron chi connectivity index (χ4n) is 1.93. The molecule has 102 valence electrons. The van der Waals surface area contributed by atoms with Crippen LogP contribution in [0, 0.1) is 11.3 Å². The van der Waals surface area contributed by atoms with Crippen LogP contribution >= 0.6 is 11.6 Å². The summed E-state index contributed by atoms with van der Waals surface area (Å²) in [6, 6.07) is 15.2. The Hall–Kier alpha value is -1.98. The van der Waals surface area contributed by atoms with Gasteiger partial charge in [0.1, 0.15) is 23.1 Å². The lowest BCUT2D eigenvalue weighted by Gasteiger charge is -2.09. The maximum atomic E-state index is 9.10. The lowest BCUT2D eigenvalue weighted by atomic mass is 10.1. The third-order valence-corrected chi connectivity index (χ3v) is 3.37. The van der Waals surface area contributed by atoms with Crippen molar-refractivity contribution >= 4 is 11.6 Å². The quantitative estimate of drug-likeness (QED) is 0.742. The van der Waals surface area contributed by atoms with E-state index in [9.17, 15) is 0 Å². The molecule has 0 heterocycles. The normalized spacial score (nSPS) is 10.1. The summed E-state index contributed by atoms with van der Waals surface area (Å²) in [5, 5.41) is 9.51. The van der Waals surface area contributed by atoms with E-state index in [0.29, 0.717) is 22.1 Å². The molecule has 2 nitrogen and oxygen atoms in total. The topological polar surface area (TPSA) is 33.0 Å². The minimum absolute atomic E-state index is 0.365. The van der Waals surface area contributed by atoms with Gasteiger partial charge in [0.25, 0.3) is 0 Å². The van der Waals surface area contributed by atoms with Gasteiger partial charge in [0.05, 0.1) is 5.02 Å². The molecule has 0 N–H and O–H groups in total. The van der Waals surface area contributed by atoms with Gasteiger partial charge in [-0.25, -0.2) is 0 Å². The minimum Gasteiger partial charge on any atom is -0.456 e. The van der Waals surface area contributed by atoms with Crippen molar-refractivity contribution in [3.63, 3.8) is 0 Å².